The Hall–Kier alpha value is -1.35. The van der Waals surface area contributed by atoms with Crippen molar-refractivity contribution in [1.29, 1.82) is 0 Å². The molecule has 98 valence electrons. The lowest BCUT2D eigenvalue weighted by molar-refractivity contribution is 0.458. The highest BCUT2D eigenvalue weighted by molar-refractivity contribution is 5.78. The molecule has 2 aromatic rings. The van der Waals surface area contributed by atoms with Gasteiger partial charge in [-0.1, -0.05) is 32.9 Å². The van der Waals surface area contributed by atoms with Crippen LogP contribution in [0.2, 0.25) is 0 Å². The molecule has 2 rings (SSSR count). The Bertz CT molecular complexity index is 518. The van der Waals surface area contributed by atoms with Gasteiger partial charge < -0.3 is 9.73 Å². The zero-order valence-electron chi connectivity index (χ0n) is 11.2. The standard InChI is InChI=1S/C15H20FNO/c1-10(2)17-8-7-11(3)14-9-12-5-4-6-13(16)15(12)18-14/h4-6,9-11,17H,7-8H2,1-3H3. The minimum Gasteiger partial charge on any atom is -0.458 e. The maximum atomic E-state index is 13.5. The molecule has 0 radical (unpaired) electrons. The Morgan fingerprint density at radius 2 is 2.06 bits per heavy atom. The molecule has 0 amide bonds. The summed E-state index contributed by atoms with van der Waals surface area (Å²) in [4.78, 5) is 0. The van der Waals surface area contributed by atoms with Gasteiger partial charge in [-0.15, -0.1) is 0 Å². The van der Waals surface area contributed by atoms with Gasteiger partial charge in [0, 0.05) is 17.3 Å². The van der Waals surface area contributed by atoms with E-state index in [4.69, 9.17) is 4.42 Å². The van der Waals surface area contributed by atoms with Crippen LogP contribution in [0.15, 0.2) is 28.7 Å². The van der Waals surface area contributed by atoms with E-state index in [9.17, 15) is 4.39 Å². The first-order valence-electron chi connectivity index (χ1n) is 6.49. The molecule has 0 saturated heterocycles. The smallest absolute Gasteiger partial charge is 0.169 e. The number of nitrogens with one attached hydrogen (secondary N) is 1. The summed E-state index contributed by atoms with van der Waals surface area (Å²) in [5, 5.41) is 4.22. The Kier molecular flexibility index (Phi) is 4.02. The van der Waals surface area contributed by atoms with Gasteiger partial charge in [0.05, 0.1) is 0 Å². The molecule has 1 aromatic carbocycles. The normalized spacial score (nSPS) is 13.4. The first-order chi connectivity index (χ1) is 8.58. The number of hydrogen-bond donors (Lipinski definition) is 1. The monoisotopic (exact) mass is 249 g/mol. The molecular formula is C15H20FNO. The first kappa shape index (κ1) is 13.1. The van der Waals surface area contributed by atoms with Crippen molar-refractivity contribution < 1.29 is 8.81 Å². The van der Waals surface area contributed by atoms with Crippen molar-refractivity contribution in [3.05, 3.63) is 35.8 Å². The van der Waals surface area contributed by atoms with E-state index in [-0.39, 0.29) is 5.82 Å². The van der Waals surface area contributed by atoms with Gasteiger partial charge in [-0.05, 0) is 25.1 Å². The maximum Gasteiger partial charge on any atom is 0.169 e. The van der Waals surface area contributed by atoms with E-state index in [0.717, 1.165) is 24.1 Å². The van der Waals surface area contributed by atoms with E-state index in [1.54, 1.807) is 6.07 Å². The van der Waals surface area contributed by atoms with Gasteiger partial charge in [0.2, 0.25) is 0 Å². The summed E-state index contributed by atoms with van der Waals surface area (Å²) in [6.07, 6.45) is 0.986. The van der Waals surface area contributed by atoms with Crippen LogP contribution in [0.5, 0.6) is 0 Å². The van der Waals surface area contributed by atoms with Crippen molar-refractivity contribution in [2.75, 3.05) is 6.54 Å². The minimum absolute atomic E-state index is 0.286. The summed E-state index contributed by atoms with van der Waals surface area (Å²) in [6.45, 7) is 7.30. The molecule has 0 bridgehead atoms. The molecule has 1 N–H and O–H groups in total. The van der Waals surface area contributed by atoms with Gasteiger partial charge in [-0.3, -0.25) is 0 Å². The fourth-order valence-electron chi connectivity index (χ4n) is 2.02. The van der Waals surface area contributed by atoms with Crippen molar-refractivity contribution >= 4 is 11.0 Å². The number of halogens is 1. The van der Waals surface area contributed by atoms with Crippen LogP contribution in [0.25, 0.3) is 11.0 Å². The number of fused-ring (bicyclic) bond motifs is 1. The van der Waals surface area contributed by atoms with Crippen LogP contribution in [0.1, 0.15) is 38.9 Å². The van der Waals surface area contributed by atoms with E-state index in [1.807, 2.05) is 12.1 Å². The Balaban J connectivity index is 2.08. The molecule has 0 spiro atoms. The van der Waals surface area contributed by atoms with Crippen LogP contribution < -0.4 is 5.32 Å². The van der Waals surface area contributed by atoms with E-state index >= 15 is 0 Å². The zero-order chi connectivity index (χ0) is 13.1. The molecule has 18 heavy (non-hydrogen) atoms. The second kappa shape index (κ2) is 5.53. The van der Waals surface area contributed by atoms with Crippen molar-refractivity contribution in [3.8, 4) is 0 Å². The van der Waals surface area contributed by atoms with Gasteiger partial charge >= 0.3 is 0 Å². The van der Waals surface area contributed by atoms with Crippen LogP contribution in [0.4, 0.5) is 4.39 Å². The lowest BCUT2D eigenvalue weighted by Gasteiger charge is -2.11. The van der Waals surface area contributed by atoms with Gasteiger partial charge in [-0.25, -0.2) is 4.39 Å². The summed E-state index contributed by atoms with van der Waals surface area (Å²) in [5.41, 5.74) is 0.371. The lowest BCUT2D eigenvalue weighted by Crippen LogP contribution is -2.24. The van der Waals surface area contributed by atoms with Crippen molar-refractivity contribution in [1.82, 2.24) is 5.32 Å². The fraction of sp³-hybridized carbons (Fsp3) is 0.467. The molecule has 0 fully saturated rings. The third-order valence-electron chi connectivity index (χ3n) is 3.13. The molecule has 1 atom stereocenters. The molecular weight excluding hydrogens is 229 g/mol. The maximum absolute atomic E-state index is 13.5. The Labute approximate surface area is 107 Å². The molecule has 1 heterocycles. The van der Waals surface area contributed by atoms with Crippen molar-refractivity contribution in [3.63, 3.8) is 0 Å². The quantitative estimate of drug-likeness (QED) is 0.864. The third kappa shape index (κ3) is 2.91. The number of para-hydroxylation sites is 1. The first-order valence-corrected chi connectivity index (χ1v) is 6.49. The van der Waals surface area contributed by atoms with Gasteiger partial charge in [0.15, 0.2) is 11.4 Å². The molecule has 1 aromatic heterocycles. The second-order valence-electron chi connectivity index (χ2n) is 5.11. The van der Waals surface area contributed by atoms with Crippen LogP contribution in [0, 0.1) is 5.82 Å². The minimum atomic E-state index is -0.286. The fourth-order valence-corrected chi connectivity index (χ4v) is 2.02. The second-order valence-corrected chi connectivity index (χ2v) is 5.11. The number of furan rings is 1. The summed E-state index contributed by atoms with van der Waals surface area (Å²) in [6, 6.07) is 7.45. The highest BCUT2D eigenvalue weighted by Crippen LogP contribution is 2.28. The SMILES string of the molecule is CC(C)NCCC(C)c1cc2cccc(F)c2o1. The van der Waals surface area contributed by atoms with Gasteiger partial charge in [-0.2, -0.15) is 0 Å². The average Bonchev–Trinajstić information content (AvgIpc) is 2.74. The molecule has 3 heteroatoms. The third-order valence-corrected chi connectivity index (χ3v) is 3.13. The lowest BCUT2D eigenvalue weighted by atomic mass is 10.0. The molecule has 1 unspecified atom stereocenters. The van der Waals surface area contributed by atoms with E-state index < -0.39 is 0 Å². The molecule has 2 nitrogen and oxygen atoms in total. The van der Waals surface area contributed by atoms with Crippen LogP contribution in [0.3, 0.4) is 0 Å². The van der Waals surface area contributed by atoms with Crippen LogP contribution >= 0.6 is 0 Å². The highest BCUT2D eigenvalue weighted by Gasteiger charge is 2.13. The zero-order valence-corrected chi connectivity index (χ0v) is 11.2. The van der Waals surface area contributed by atoms with Gasteiger partial charge in [0.25, 0.3) is 0 Å². The predicted octanol–water partition coefficient (Wildman–Crippen LogP) is 4.06. The molecule has 0 aliphatic rings. The Morgan fingerprint density at radius 1 is 1.28 bits per heavy atom. The van der Waals surface area contributed by atoms with E-state index in [0.29, 0.717) is 17.5 Å². The van der Waals surface area contributed by atoms with Crippen molar-refractivity contribution in [2.24, 2.45) is 0 Å². The van der Waals surface area contributed by atoms with Crippen LogP contribution in [-0.4, -0.2) is 12.6 Å². The number of rotatable bonds is 5. The van der Waals surface area contributed by atoms with E-state index in [2.05, 4.69) is 26.1 Å². The molecule has 0 saturated carbocycles. The summed E-state index contributed by atoms with van der Waals surface area (Å²) >= 11 is 0. The Morgan fingerprint density at radius 3 is 2.72 bits per heavy atom. The summed E-state index contributed by atoms with van der Waals surface area (Å²) < 4.78 is 19.1. The van der Waals surface area contributed by atoms with Gasteiger partial charge in [0.1, 0.15) is 5.76 Å². The number of hydrogen-bond acceptors (Lipinski definition) is 2. The number of benzene rings is 1. The average molecular weight is 249 g/mol. The van der Waals surface area contributed by atoms with Crippen LogP contribution in [-0.2, 0) is 0 Å². The topological polar surface area (TPSA) is 25.2 Å². The van der Waals surface area contributed by atoms with E-state index in [1.165, 1.54) is 6.07 Å². The molecule has 0 aliphatic carbocycles. The largest absolute Gasteiger partial charge is 0.458 e. The van der Waals surface area contributed by atoms with Crippen molar-refractivity contribution in [2.45, 2.75) is 39.2 Å². The predicted molar refractivity (Wildman–Crippen MR) is 72.3 cm³/mol. The highest BCUT2D eigenvalue weighted by atomic mass is 19.1. The summed E-state index contributed by atoms with van der Waals surface area (Å²) in [5.74, 6) is 0.870. The summed E-state index contributed by atoms with van der Waals surface area (Å²) in [7, 11) is 0. The molecule has 0 aliphatic heterocycles.